The smallest absolute Gasteiger partial charge is 0.289 e. The highest BCUT2D eigenvalue weighted by Crippen LogP contribution is 2.22. The van der Waals surface area contributed by atoms with Crippen LogP contribution in [-0.2, 0) is 21.2 Å². The van der Waals surface area contributed by atoms with Gasteiger partial charge in [0.1, 0.15) is 0 Å². The molecule has 1 saturated heterocycles. The third-order valence-corrected chi connectivity index (χ3v) is 5.92. The van der Waals surface area contributed by atoms with Crippen molar-refractivity contribution in [3.63, 3.8) is 0 Å². The molecule has 2 aromatic carbocycles. The molecule has 2 aromatic rings. The Balaban J connectivity index is 1.65. The van der Waals surface area contributed by atoms with Crippen molar-refractivity contribution >= 4 is 44.3 Å². The molecule has 1 N–H and O–H groups in total. The Kier molecular flexibility index (Phi) is 5.33. The molecule has 0 aliphatic carbocycles. The van der Waals surface area contributed by atoms with Crippen LogP contribution in [0.4, 0.5) is 10.5 Å². The number of carbonyl (C=O) groups is 3. The minimum absolute atomic E-state index is 0.146. The van der Waals surface area contributed by atoms with Gasteiger partial charge in [0.15, 0.2) is 9.84 Å². The zero-order valence-corrected chi connectivity index (χ0v) is 16.0. The highest BCUT2D eigenvalue weighted by molar-refractivity contribution is 8.14. The molecule has 3 amide bonds. The average molecular weight is 404 g/mol. The van der Waals surface area contributed by atoms with E-state index in [-0.39, 0.29) is 34.2 Å². The Morgan fingerprint density at radius 2 is 1.70 bits per heavy atom. The topological polar surface area (TPSA) is 101 Å². The summed E-state index contributed by atoms with van der Waals surface area (Å²) < 4.78 is 22.9. The molecule has 0 bridgehead atoms. The Morgan fingerprint density at radius 3 is 2.22 bits per heavy atom. The lowest BCUT2D eigenvalue weighted by molar-refractivity contribution is -0.125. The second-order valence-electron chi connectivity index (χ2n) is 5.98. The van der Waals surface area contributed by atoms with Crippen molar-refractivity contribution in [2.24, 2.45) is 0 Å². The lowest BCUT2D eigenvalue weighted by atomic mass is 10.1. The Morgan fingerprint density at radius 1 is 1.07 bits per heavy atom. The fourth-order valence-corrected chi connectivity index (χ4v) is 3.82. The lowest BCUT2D eigenvalue weighted by Gasteiger charge is -2.13. The van der Waals surface area contributed by atoms with Gasteiger partial charge in [-0.1, -0.05) is 23.9 Å². The van der Waals surface area contributed by atoms with Crippen molar-refractivity contribution in [3.05, 3.63) is 59.7 Å². The molecule has 0 unspecified atom stereocenters. The normalized spacial score (nSPS) is 14.5. The van der Waals surface area contributed by atoms with Crippen LogP contribution in [0.15, 0.2) is 53.4 Å². The Bertz CT molecular complexity index is 983. The van der Waals surface area contributed by atoms with Crippen molar-refractivity contribution in [3.8, 4) is 0 Å². The van der Waals surface area contributed by atoms with Crippen molar-refractivity contribution in [1.29, 1.82) is 0 Å². The van der Waals surface area contributed by atoms with Crippen molar-refractivity contribution in [2.75, 3.05) is 17.3 Å². The van der Waals surface area contributed by atoms with Crippen LogP contribution in [-0.4, -0.2) is 42.4 Å². The highest BCUT2D eigenvalue weighted by Gasteiger charge is 2.29. The van der Waals surface area contributed by atoms with Gasteiger partial charge in [-0.05, 0) is 42.0 Å². The van der Waals surface area contributed by atoms with Gasteiger partial charge in [-0.15, -0.1) is 0 Å². The SMILES string of the molecule is CS(=O)(=O)c1ccc(C(=O)Nc2ccc(CN3C(=O)CSC3=O)cc2)cc1. The van der Waals surface area contributed by atoms with Crippen molar-refractivity contribution in [2.45, 2.75) is 11.4 Å². The number of carbonyl (C=O) groups excluding carboxylic acids is 3. The van der Waals surface area contributed by atoms with E-state index < -0.39 is 9.84 Å². The van der Waals surface area contributed by atoms with E-state index in [1.807, 2.05) is 0 Å². The molecule has 0 saturated carbocycles. The molecule has 27 heavy (non-hydrogen) atoms. The molecule has 0 atom stereocenters. The van der Waals surface area contributed by atoms with Crippen LogP contribution in [0.2, 0.25) is 0 Å². The molecular weight excluding hydrogens is 388 g/mol. The second kappa shape index (κ2) is 7.53. The summed E-state index contributed by atoms with van der Waals surface area (Å²) in [5, 5.41) is 2.46. The summed E-state index contributed by atoms with van der Waals surface area (Å²) in [7, 11) is -3.31. The van der Waals surface area contributed by atoms with Gasteiger partial charge >= 0.3 is 0 Å². The van der Waals surface area contributed by atoms with Crippen LogP contribution in [0, 0.1) is 0 Å². The molecule has 0 aromatic heterocycles. The summed E-state index contributed by atoms with van der Waals surface area (Å²) in [6.45, 7) is 0.200. The summed E-state index contributed by atoms with van der Waals surface area (Å²) in [5.41, 5.74) is 1.65. The standard InChI is InChI=1S/C18H16N2O5S2/c1-27(24,25)15-8-4-13(5-9-15)17(22)19-14-6-2-12(3-7-14)10-20-16(21)11-26-18(20)23/h2-9H,10-11H2,1H3,(H,19,22). The number of imide groups is 1. The summed E-state index contributed by atoms with van der Waals surface area (Å²) in [4.78, 5) is 36.9. The first-order valence-electron chi connectivity index (χ1n) is 7.91. The maximum Gasteiger partial charge on any atom is 0.289 e. The number of hydrogen-bond donors (Lipinski definition) is 1. The first-order chi connectivity index (χ1) is 12.7. The number of hydrogen-bond acceptors (Lipinski definition) is 6. The van der Waals surface area contributed by atoms with Crippen LogP contribution < -0.4 is 5.32 Å². The van der Waals surface area contributed by atoms with E-state index in [1.165, 1.54) is 29.2 Å². The van der Waals surface area contributed by atoms with E-state index >= 15 is 0 Å². The summed E-state index contributed by atoms with van der Waals surface area (Å²) in [6, 6.07) is 12.5. The molecule has 9 heteroatoms. The third-order valence-electron chi connectivity index (χ3n) is 3.94. The van der Waals surface area contributed by atoms with E-state index in [0.717, 1.165) is 23.6 Å². The minimum atomic E-state index is -3.31. The van der Waals surface area contributed by atoms with Gasteiger partial charge in [0.2, 0.25) is 5.91 Å². The van der Waals surface area contributed by atoms with E-state index in [1.54, 1.807) is 24.3 Å². The van der Waals surface area contributed by atoms with E-state index in [2.05, 4.69) is 5.32 Å². The minimum Gasteiger partial charge on any atom is -0.322 e. The largest absolute Gasteiger partial charge is 0.322 e. The fraction of sp³-hybridized carbons (Fsp3) is 0.167. The van der Waals surface area contributed by atoms with Crippen LogP contribution in [0.3, 0.4) is 0 Å². The monoisotopic (exact) mass is 404 g/mol. The van der Waals surface area contributed by atoms with E-state index in [4.69, 9.17) is 0 Å². The molecule has 0 radical (unpaired) electrons. The number of sulfone groups is 1. The molecule has 1 fully saturated rings. The molecule has 140 valence electrons. The number of benzene rings is 2. The number of rotatable bonds is 5. The zero-order valence-electron chi connectivity index (χ0n) is 14.3. The van der Waals surface area contributed by atoms with Gasteiger partial charge in [0.05, 0.1) is 17.2 Å². The van der Waals surface area contributed by atoms with Crippen LogP contribution >= 0.6 is 11.8 Å². The third kappa shape index (κ3) is 4.55. The number of thioether (sulfide) groups is 1. The number of nitrogens with zero attached hydrogens (tertiary/aromatic N) is 1. The maximum absolute atomic E-state index is 12.3. The number of anilines is 1. The molecular formula is C18H16N2O5S2. The maximum atomic E-state index is 12.3. The zero-order chi connectivity index (χ0) is 19.6. The highest BCUT2D eigenvalue weighted by atomic mass is 32.2. The Labute approximate surface area is 160 Å². The first kappa shape index (κ1) is 19.1. The molecule has 7 nitrogen and oxygen atoms in total. The molecule has 1 heterocycles. The van der Waals surface area contributed by atoms with Crippen LogP contribution in [0.5, 0.6) is 0 Å². The van der Waals surface area contributed by atoms with Crippen molar-refractivity contribution in [1.82, 2.24) is 4.90 Å². The molecule has 1 aliphatic heterocycles. The van der Waals surface area contributed by atoms with Gasteiger partial charge in [0.25, 0.3) is 11.1 Å². The van der Waals surface area contributed by atoms with Gasteiger partial charge < -0.3 is 5.32 Å². The predicted molar refractivity (Wildman–Crippen MR) is 102 cm³/mol. The number of amides is 3. The predicted octanol–water partition coefficient (Wildman–Crippen LogP) is 2.54. The van der Waals surface area contributed by atoms with Gasteiger partial charge in [0, 0.05) is 17.5 Å². The van der Waals surface area contributed by atoms with Gasteiger partial charge in [-0.2, -0.15) is 0 Å². The van der Waals surface area contributed by atoms with Gasteiger partial charge in [-0.25, -0.2) is 8.42 Å². The average Bonchev–Trinajstić information content (AvgIpc) is 2.94. The first-order valence-corrected chi connectivity index (χ1v) is 10.8. The van der Waals surface area contributed by atoms with Crippen molar-refractivity contribution < 1.29 is 22.8 Å². The summed E-state index contributed by atoms with van der Waals surface area (Å²) in [5.74, 6) is -0.408. The van der Waals surface area contributed by atoms with Crippen LogP contribution in [0.25, 0.3) is 0 Å². The number of nitrogens with one attached hydrogen (secondary N) is 1. The second-order valence-corrected chi connectivity index (χ2v) is 8.92. The lowest BCUT2D eigenvalue weighted by Crippen LogP contribution is -2.27. The molecule has 3 rings (SSSR count). The quantitative estimate of drug-likeness (QED) is 0.822. The Hall–Kier alpha value is -2.65. The molecule has 0 spiro atoms. The van der Waals surface area contributed by atoms with Gasteiger partial charge in [-0.3, -0.25) is 19.3 Å². The fourth-order valence-electron chi connectivity index (χ4n) is 2.47. The van der Waals surface area contributed by atoms with E-state index in [0.29, 0.717) is 11.3 Å². The van der Waals surface area contributed by atoms with E-state index in [9.17, 15) is 22.8 Å². The summed E-state index contributed by atoms with van der Waals surface area (Å²) >= 11 is 0.987. The van der Waals surface area contributed by atoms with Crippen LogP contribution in [0.1, 0.15) is 15.9 Å². The summed E-state index contributed by atoms with van der Waals surface area (Å²) in [6.07, 6.45) is 1.10. The molecule has 1 aliphatic rings.